The maximum Gasteiger partial charge on any atom is 0.246 e. The summed E-state index contributed by atoms with van der Waals surface area (Å²) in [4.78, 5) is 15.7. The van der Waals surface area contributed by atoms with Crippen molar-refractivity contribution in [3.8, 4) is 5.75 Å². The maximum atomic E-state index is 13.7. The van der Waals surface area contributed by atoms with Gasteiger partial charge in [-0.1, -0.05) is 30.3 Å². The summed E-state index contributed by atoms with van der Waals surface area (Å²) in [5.41, 5.74) is 2.85. The van der Waals surface area contributed by atoms with Crippen LogP contribution in [0.4, 0.5) is 0 Å². The minimum atomic E-state index is -3.70. The number of aryl methyl sites for hydroxylation is 2. The number of morpholine rings is 1. The molecule has 10 heteroatoms. The summed E-state index contributed by atoms with van der Waals surface area (Å²) in [6, 6.07) is 14.0. The van der Waals surface area contributed by atoms with Crippen molar-refractivity contribution in [2.24, 2.45) is 5.92 Å². The van der Waals surface area contributed by atoms with Crippen LogP contribution in [0.3, 0.4) is 0 Å². The third-order valence-corrected chi connectivity index (χ3v) is 12.0. The smallest absolute Gasteiger partial charge is 0.246 e. The van der Waals surface area contributed by atoms with Gasteiger partial charge in [-0.2, -0.15) is 4.31 Å². The second-order valence-electron chi connectivity index (χ2n) is 12.8. The molecule has 3 fully saturated rings. The molecule has 2 aromatic rings. The molecule has 1 N–H and O–H groups in total. The second-order valence-corrected chi connectivity index (χ2v) is 14.6. The molecule has 5 rings (SSSR count). The Hall–Kier alpha value is -2.50. The van der Waals surface area contributed by atoms with E-state index in [0.717, 1.165) is 64.8 Å². The summed E-state index contributed by atoms with van der Waals surface area (Å²) in [6.07, 6.45) is 6.90. The zero-order chi connectivity index (χ0) is 31.2. The summed E-state index contributed by atoms with van der Waals surface area (Å²) in [6.45, 7) is 8.37. The highest BCUT2D eigenvalue weighted by atomic mass is 32.2. The van der Waals surface area contributed by atoms with Crippen molar-refractivity contribution in [3.05, 3.63) is 59.2 Å². The van der Waals surface area contributed by atoms with E-state index in [1.807, 2.05) is 0 Å². The molecule has 2 heterocycles. The molecular formula is C34H49N3O6S. The second kappa shape index (κ2) is 14.7. The minimum absolute atomic E-state index is 0.0661. The van der Waals surface area contributed by atoms with Gasteiger partial charge in [0.05, 0.1) is 31.8 Å². The van der Waals surface area contributed by atoms with E-state index in [0.29, 0.717) is 47.2 Å². The lowest BCUT2D eigenvalue weighted by Crippen LogP contribution is -2.56. The summed E-state index contributed by atoms with van der Waals surface area (Å²) >= 11 is 0. The standard InChI is InChI=1S/C34H49N3O6S/c1-26-20-31(41-3)21-27(2)33(26)44(39,40)37-15-7-10-30(37)24-43-25-32(38)35-23-29-11-13-34(14-12-29,36-16-18-42-19-17-36)22-28-8-5-4-6-9-28/h4-6,8-9,20-21,29-30H,7,10-19,22-25H2,1-3H3,(H,35,38). The first-order chi connectivity index (χ1) is 21.2. The zero-order valence-corrected chi connectivity index (χ0v) is 27.4. The molecule has 1 unspecified atom stereocenters. The van der Waals surface area contributed by atoms with Crippen LogP contribution >= 0.6 is 0 Å². The summed E-state index contributed by atoms with van der Waals surface area (Å²) in [7, 11) is -2.13. The van der Waals surface area contributed by atoms with Gasteiger partial charge in [-0.25, -0.2) is 8.42 Å². The molecule has 2 aliphatic heterocycles. The zero-order valence-electron chi connectivity index (χ0n) is 26.6. The largest absolute Gasteiger partial charge is 0.497 e. The van der Waals surface area contributed by atoms with Crippen LogP contribution in [0.2, 0.25) is 0 Å². The van der Waals surface area contributed by atoms with Crippen molar-refractivity contribution >= 4 is 15.9 Å². The molecule has 9 nitrogen and oxygen atoms in total. The fraction of sp³-hybridized carbons (Fsp3) is 0.618. The SMILES string of the molecule is COc1cc(C)c(S(=O)(=O)N2CCCC2COCC(=O)NCC2CCC(Cc3ccccc3)(N3CCOCC3)CC2)c(C)c1. The van der Waals surface area contributed by atoms with Crippen LogP contribution in [-0.2, 0) is 30.7 Å². The lowest BCUT2D eigenvalue weighted by atomic mass is 9.72. The first-order valence-corrected chi connectivity index (χ1v) is 17.5. The Bertz CT molecular complexity index is 1330. The van der Waals surface area contributed by atoms with Gasteiger partial charge in [0.15, 0.2) is 0 Å². The Morgan fingerprint density at radius 3 is 2.36 bits per heavy atom. The Morgan fingerprint density at radius 2 is 1.70 bits per heavy atom. The van der Waals surface area contributed by atoms with E-state index in [4.69, 9.17) is 14.2 Å². The number of carbonyl (C=O) groups excluding carboxylic acids is 1. The Kier molecular flexibility index (Phi) is 11.0. The Balaban J connectivity index is 1.09. The van der Waals surface area contributed by atoms with Gasteiger partial charge in [-0.15, -0.1) is 0 Å². The summed E-state index contributed by atoms with van der Waals surface area (Å²) in [5, 5.41) is 3.09. The number of carbonyl (C=O) groups is 1. The van der Waals surface area contributed by atoms with E-state index in [9.17, 15) is 13.2 Å². The third kappa shape index (κ3) is 7.65. The number of hydrogen-bond acceptors (Lipinski definition) is 7. The van der Waals surface area contributed by atoms with E-state index in [1.165, 1.54) is 5.56 Å². The number of methoxy groups -OCH3 is 1. The number of nitrogens with one attached hydrogen (secondary N) is 1. The maximum absolute atomic E-state index is 13.7. The number of hydrogen-bond donors (Lipinski definition) is 1. The van der Waals surface area contributed by atoms with Gasteiger partial charge in [-0.05, 0) is 93.5 Å². The molecule has 1 saturated carbocycles. The molecule has 0 aromatic heterocycles. The Morgan fingerprint density at radius 1 is 1.02 bits per heavy atom. The normalized spacial score (nSPS) is 25.2. The van der Waals surface area contributed by atoms with Crippen molar-refractivity contribution in [2.45, 2.75) is 75.3 Å². The molecule has 1 aliphatic carbocycles. The first-order valence-electron chi connectivity index (χ1n) is 16.1. The van der Waals surface area contributed by atoms with Crippen LogP contribution < -0.4 is 10.1 Å². The van der Waals surface area contributed by atoms with Crippen molar-refractivity contribution in [1.82, 2.24) is 14.5 Å². The molecule has 0 radical (unpaired) electrons. The minimum Gasteiger partial charge on any atom is -0.497 e. The molecule has 2 aromatic carbocycles. The van der Waals surface area contributed by atoms with E-state index in [1.54, 1.807) is 37.4 Å². The summed E-state index contributed by atoms with van der Waals surface area (Å²) in [5.74, 6) is 0.937. The number of ether oxygens (including phenoxy) is 3. The van der Waals surface area contributed by atoms with Crippen LogP contribution in [0, 0.1) is 19.8 Å². The molecule has 0 bridgehead atoms. The average molecular weight is 628 g/mol. The topological polar surface area (TPSA) is 97.4 Å². The van der Waals surface area contributed by atoms with Crippen molar-refractivity contribution in [1.29, 1.82) is 0 Å². The molecule has 0 spiro atoms. The van der Waals surface area contributed by atoms with Gasteiger partial charge >= 0.3 is 0 Å². The molecule has 44 heavy (non-hydrogen) atoms. The number of nitrogens with zero attached hydrogens (tertiary/aromatic N) is 2. The third-order valence-electron chi connectivity index (χ3n) is 9.78. The number of amides is 1. The van der Waals surface area contributed by atoms with Crippen LogP contribution in [-0.4, -0.2) is 94.8 Å². The number of rotatable bonds is 12. The van der Waals surface area contributed by atoms with Crippen LogP contribution in [0.25, 0.3) is 0 Å². The highest BCUT2D eigenvalue weighted by molar-refractivity contribution is 7.89. The van der Waals surface area contributed by atoms with E-state index < -0.39 is 10.0 Å². The number of sulfonamides is 1. The van der Waals surface area contributed by atoms with Gasteiger partial charge in [0, 0.05) is 37.8 Å². The van der Waals surface area contributed by atoms with Gasteiger partial charge in [-0.3, -0.25) is 9.69 Å². The highest BCUT2D eigenvalue weighted by Gasteiger charge is 2.41. The predicted octanol–water partition coefficient (Wildman–Crippen LogP) is 4.10. The lowest BCUT2D eigenvalue weighted by Gasteiger charge is -2.50. The Labute approximate surface area is 263 Å². The van der Waals surface area contributed by atoms with E-state index in [-0.39, 0.29) is 30.7 Å². The van der Waals surface area contributed by atoms with E-state index >= 15 is 0 Å². The molecule has 2 saturated heterocycles. The lowest BCUT2D eigenvalue weighted by molar-refractivity contribution is -0.126. The quantitative estimate of drug-likeness (QED) is 0.379. The number of benzene rings is 2. The fourth-order valence-electron chi connectivity index (χ4n) is 7.48. The first kappa shape index (κ1) is 32.9. The van der Waals surface area contributed by atoms with Crippen molar-refractivity contribution in [3.63, 3.8) is 0 Å². The van der Waals surface area contributed by atoms with Crippen LogP contribution in [0.5, 0.6) is 5.75 Å². The summed E-state index contributed by atoms with van der Waals surface area (Å²) < 4.78 is 45.6. The average Bonchev–Trinajstić information content (AvgIpc) is 3.51. The van der Waals surface area contributed by atoms with Gasteiger partial charge in [0.1, 0.15) is 12.4 Å². The van der Waals surface area contributed by atoms with Gasteiger partial charge < -0.3 is 19.5 Å². The molecule has 242 valence electrons. The van der Waals surface area contributed by atoms with Crippen molar-refractivity contribution in [2.75, 3.05) is 59.7 Å². The predicted molar refractivity (Wildman–Crippen MR) is 170 cm³/mol. The van der Waals surface area contributed by atoms with Gasteiger partial charge in [0.25, 0.3) is 0 Å². The molecular weight excluding hydrogens is 578 g/mol. The van der Waals surface area contributed by atoms with Gasteiger partial charge in [0.2, 0.25) is 15.9 Å². The van der Waals surface area contributed by atoms with Crippen LogP contribution in [0.1, 0.15) is 55.2 Å². The van der Waals surface area contributed by atoms with Crippen LogP contribution in [0.15, 0.2) is 47.4 Å². The molecule has 1 atom stereocenters. The van der Waals surface area contributed by atoms with E-state index in [2.05, 4.69) is 40.5 Å². The van der Waals surface area contributed by atoms with Crippen molar-refractivity contribution < 1.29 is 27.4 Å². The molecule has 1 amide bonds. The molecule has 3 aliphatic rings. The highest BCUT2D eigenvalue weighted by Crippen LogP contribution is 2.39. The monoisotopic (exact) mass is 627 g/mol. The fourth-order valence-corrected chi connectivity index (χ4v) is 9.57.